The highest BCUT2D eigenvalue weighted by Gasteiger charge is 2.28. The summed E-state index contributed by atoms with van der Waals surface area (Å²) in [6, 6.07) is 5.23. The first-order valence-corrected chi connectivity index (χ1v) is 5.11. The molecule has 0 unspecified atom stereocenters. The van der Waals surface area contributed by atoms with E-state index in [9.17, 15) is 24.5 Å². The highest BCUT2D eigenvalue weighted by atomic mass is 16.6. The molecule has 3 amide bonds. The molecule has 0 spiro atoms. The van der Waals surface area contributed by atoms with E-state index in [4.69, 9.17) is 0 Å². The van der Waals surface area contributed by atoms with Crippen molar-refractivity contribution in [3.05, 3.63) is 52.1 Å². The van der Waals surface area contributed by atoms with Crippen LogP contribution in [0.2, 0.25) is 0 Å². The van der Waals surface area contributed by atoms with Crippen molar-refractivity contribution >= 4 is 23.4 Å². The van der Waals surface area contributed by atoms with Crippen LogP contribution in [0.25, 0.3) is 0 Å². The van der Waals surface area contributed by atoms with Crippen LogP contribution in [0.4, 0.5) is 5.69 Å². The Labute approximate surface area is 106 Å². The van der Waals surface area contributed by atoms with Crippen molar-refractivity contribution in [1.82, 2.24) is 10.4 Å². The number of hydrogen-bond donors (Lipinski definition) is 1. The average Bonchev–Trinajstić information content (AvgIpc) is 2.70. The molecule has 1 aromatic rings. The Balaban J connectivity index is 2.24. The lowest BCUT2D eigenvalue weighted by Gasteiger charge is -2.14. The fraction of sp³-hybridized carbons (Fsp3) is 0. The number of nitrogens with one attached hydrogen (secondary N) is 1. The lowest BCUT2D eigenvalue weighted by atomic mass is 10.2. The zero-order valence-corrected chi connectivity index (χ0v) is 9.40. The molecule has 96 valence electrons. The number of nitro benzene ring substituents is 1. The van der Waals surface area contributed by atoms with Gasteiger partial charge < -0.3 is 0 Å². The number of nitrogens with zero attached hydrogens (tertiary/aromatic N) is 2. The Bertz CT molecular complexity index is 605. The Kier molecular flexibility index (Phi) is 3.06. The number of rotatable bonds is 3. The molecule has 0 aliphatic carbocycles. The number of carbonyl (C=O) groups is 3. The van der Waals surface area contributed by atoms with Gasteiger partial charge in [0.15, 0.2) is 0 Å². The molecule has 8 nitrogen and oxygen atoms in total. The third-order valence-electron chi connectivity index (χ3n) is 2.37. The minimum Gasteiger partial charge on any atom is -0.267 e. The topological polar surface area (TPSA) is 110 Å². The third kappa shape index (κ3) is 2.32. The molecule has 1 N–H and O–H groups in total. The monoisotopic (exact) mass is 261 g/mol. The molecular weight excluding hydrogens is 254 g/mol. The van der Waals surface area contributed by atoms with E-state index in [-0.39, 0.29) is 5.56 Å². The predicted molar refractivity (Wildman–Crippen MR) is 61.6 cm³/mol. The summed E-state index contributed by atoms with van der Waals surface area (Å²) >= 11 is 0. The maximum atomic E-state index is 11.8. The molecule has 0 saturated heterocycles. The van der Waals surface area contributed by atoms with Gasteiger partial charge in [-0.2, -0.15) is 5.01 Å². The second-order valence-corrected chi connectivity index (χ2v) is 3.56. The molecule has 1 aromatic carbocycles. The normalized spacial score (nSPS) is 13.8. The Morgan fingerprint density at radius 3 is 2.32 bits per heavy atom. The van der Waals surface area contributed by atoms with Gasteiger partial charge in [0.25, 0.3) is 23.4 Å². The number of carbonyl (C=O) groups excluding carboxylic acids is 3. The summed E-state index contributed by atoms with van der Waals surface area (Å²) in [7, 11) is 0. The van der Waals surface area contributed by atoms with Gasteiger partial charge in [0.1, 0.15) is 5.56 Å². The fourth-order valence-electron chi connectivity index (χ4n) is 1.50. The number of hydrazine groups is 1. The maximum absolute atomic E-state index is 11.8. The van der Waals surface area contributed by atoms with E-state index in [0.29, 0.717) is 5.01 Å². The smallest absolute Gasteiger partial charge is 0.267 e. The zero-order chi connectivity index (χ0) is 14.0. The third-order valence-corrected chi connectivity index (χ3v) is 2.37. The molecule has 1 aliphatic rings. The number of amides is 3. The van der Waals surface area contributed by atoms with E-state index in [1.165, 1.54) is 18.2 Å². The number of nitro groups is 1. The highest BCUT2D eigenvalue weighted by Crippen LogP contribution is 2.17. The van der Waals surface area contributed by atoms with Crippen molar-refractivity contribution in [3.63, 3.8) is 0 Å². The minimum absolute atomic E-state index is 0.236. The van der Waals surface area contributed by atoms with E-state index in [0.717, 1.165) is 18.2 Å². The standard InChI is InChI=1S/C11H7N3O5/c15-9-5-6-10(16)13(9)12-11(17)7-3-1-2-4-8(7)14(18)19/h1-6H,(H,12,17). The maximum Gasteiger partial charge on any atom is 0.282 e. The summed E-state index contributed by atoms with van der Waals surface area (Å²) in [4.78, 5) is 44.3. The second kappa shape index (κ2) is 4.69. The van der Waals surface area contributed by atoms with E-state index >= 15 is 0 Å². The molecule has 0 radical (unpaired) electrons. The average molecular weight is 261 g/mol. The summed E-state index contributed by atoms with van der Waals surface area (Å²) in [6.45, 7) is 0. The number of imide groups is 1. The van der Waals surface area contributed by atoms with Gasteiger partial charge in [0.05, 0.1) is 4.92 Å². The molecule has 0 saturated carbocycles. The largest absolute Gasteiger partial charge is 0.282 e. The van der Waals surface area contributed by atoms with Crippen molar-refractivity contribution in [2.75, 3.05) is 0 Å². The van der Waals surface area contributed by atoms with E-state index in [1.54, 1.807) is 0 Å². The van der Waals surface area contributed by atoms with Crippen LogP contribution in [0.5, 0.6) is 0 Å². The molecule has 19 heavy (non-hydrogen) atoms. The Morgan fingerprint density at radius 2 is 1.74 bits per heavy atom. The van der Waals surface area contributed by atoms with Gasteiger partial charge in [-0.15, -0.1) is 0 Å². The van der Waals surface area contributed by atoms with Gasteiger partial charge in [0.2, 0.25) is 0 Å². The van der Waals surface area contributed by atoms with Crippen molar-refractivity contribution in [1.29, 1.82) is 0 Å². The van der Waals surface area contributed by atoms with Crippen LogP contribution < -0.4 is 5.43 Å². The summed E-state index contributed by atoms with van der Waals surface area (Å²) in [6.07, 6.45) is 1.98. The summed E-state index contributed by atoms with van der Waals surface area (Å²) in [5.74, 6) is -2.33. The van der Waals surface area contributed by atoms with Gasteiger partial charge in [-0.25, -0.2) is 0 Å². The van der Waals surface area contributed by atoms with Crippen molar-refractivity contribution in [2.24, 2.45) is 0 Å². The van der Waals surface area contributed by atoms with E-state index in [1.807, 2.05) is 5.43 Å². The molecule has 2 rings (SSSR count). The van der Waals surface area contributed by atoms with Crippen LogP contribution in [-0.4, -0.2) is 27.7 Å². The van der Waals surface area contributed by atoms with Crippen molar-refractivity contribution in [3.8, 4) is 0 Å². The van der Waals surface area contributed by atoms with E-state index in [2.05, 4.69) is 0 Å². The van der Waals surface area contributed by atoms with Crippen LogP contribution in [-0.2, 0) is 9.59 Å². The zero-order valence-electron chi connectivity index (χ0n) is 9.40. The molecule has 1 aliphatic heterocycles. The number of benzene rings is 1. The van der Waals surface area contributed by atoms with Crippen LogP contribution >= 0.6 is 0 Å². The van der Waals surface area contributed by atoms with Gasteiger partial charge in [-0.1, -0.05) is 12.1 Å². The second-order valence-electron chi connectivity index (χ2n) is 3.56. The van der Waals surface area contributed by atoms with Crippen molar-refractivity contribution < 1.29 is 19.3 Å². The Morgan fingerprint density at radius 1 is 1.16 bits per heavy atom. The summed E-state index contributed by atoms with van der Waals surface area (Å²) in [5, 5.41) is 11.2. The molecular formula is C11H7N3O5. The first kappa shape index (κ1) is 12.4. The minimum atomic E-state index is -0.905. The number of hydrogen-bond acceptors (Lipinski definition) is 5. The molecule has 8 heteroatoms. The van der Waals surface area contributed by atoms with Gasteiger partial charge in [-0.3, -0.25) is 29.9 Å². The summed E-state index contributed by atoms with van der Waals surface area (Å²) < 4.78 is 0. The quantitative estimate of drug-likeness (QED) is 0.473. The molecule has 0 fully saturated rings. The molecule has 0 bridgehead atoms. The SMILES string of the molecule is O=C(NN1C(=O)C=CC1=O)c1ccccc1[N+](=O)[O-]. The predicted octanol–water partition coefficient (Wildman–Crippen LogP) is 0.165. The highest BCUT2D eigenvalue weighted by molar-refractivity contribution is 6.14. The van der Waals surface area contributed by atoms with Crippen LogP contribution in [0.15, 0.2) is 36.4 Å². The van der Waals surface area contributed by atoms with Crippen LogP contribution in [0, 0.1) is 10.1 Å². The van der Waals surface area contributed by atoms with Crippen LogP contribution in [0.1, 0.15) is 10.4 Å². The first-order valence-electron chi connectivity index (χ1n) is 5.11. The number of para-hydroxylation sites is 1. The molecule has 1 heterocycles. The lowest BCUT2D eigenvalue weighted by Crippen LogP contribution is -2.46. The van der Waals surface area contributed by atoms with Gasteiger partial charge in [-0.05, 0) is 6.07 Å². The van der Waals surface area contributed by atoms with Crippen LogP contribution in [0.3, 0.4) is 0 Å². The van der Waals surface area contributed by atoms with Gasteiger partial charge in [0, 0.05) is 18.2 Å². The van der Waals surface area contributed by atoms with E-state index < -0.39 is 28.3 Å². The molecule has 0 aromatic heterocycles. The van der Waals surface area contributed by atoms with Crippen molar-refractivity contribution in [2.45, 2.75) is 0 Å². The first-order chi connectivity index (χ1) is 9.00. The molecule has 0 atom stereocenters. The van der Waals surface area contributed by atoms with Gasteiger partial charge >= 0.3 is 0 Å². The lowest BCUT2D eigenvalue weighted by molar-refractivity contribution is -0.385. The summed E-state index contributed by atoms with van der Waals surface area (Å²) in [5.41, 5.74) is 1.37. The fourth-order valence-corrected chi connectivity index (χ4v) is 1.50. The Hall–Kier alpha value is -3.03.